The zero-order valence-corrected chi connectivity index (χ0v) is 12.6. The molecule has 1 aromatic rings. The molecule has 1 heterocycles. The van der Waals surface area contributed by atoms with Crippen molar-refractivity contribution in [3.8, 4) is 0 Å². The predicted molar refractivity (Wildman–Crippen MR) is 81.6 cm³/mol. The van der Waals surface area contributed by atoms with Crippen molar-refractivity contribution in [2.75, 3.05) is 13.6 Å². The van der Waals surface area contributed by atoms with Crippen LogP contribution in [0.3, 0.4) is 0 Å². The fraction of sp³-hybridized carbons (Fsp3) is 0.500. The molecule has 1 aromatic carbocycles. The van der Waals surface area contributed by atoms with Gasteiger partial charge in [-0.15, -0.1) is 0 Å². The predicted octanol–water partition coefficient (Wildman–Crippen LogP) is 1.13. The lowest BCUT2D eigenvalue weighted by molar-refractivity contribution is -0.133. The molecule has 0 radical (unpaired) electrons. The molecule has 2 atom stereocenters. The van der Waals surface area contributed by atoms with Crippen molar-refractivity contribution in [3.63, 3.8) is 0 Å². The van der Waals surface area contributed by atoms with Crippen LogP contribution in [0.1, 0.15) is 35.7 Å². The Kier molecular flexibility index (Phi) is 4.96. The van der Waals surface area contributed by atoms with Crippen LogP contribution in [0.2, 0.25) is 0 Å². The van der Waals surface area contributed by atoms with Gasteiger partial charge in [0.05, 0.1) is 6.04 Å². The fourth-order valence-corrected chi connectivity index (χ4v) is 2.69. The number of nitrogens with two attached hydrogens (primary N) is 1. The maximum Gasteiger partial charge on any atom is 0.248 e. The number of carbonyl (C=O) groups is 2. The Balaban J connectivity index is 1.95. The number of amides is 2. The molecule has 2 unspecified atom stereocenters. The highest BCUT2D eigenvalue weighted by Crippen LogP contribution is 2.17. The largest absolute Gasteiger partial charge is 0.366 e. The summed E-state index contributed by atoms with van der Waals surface area (Å²) in [6.07, 6.45) is 2.02. The summed E-state index contributed by atoms with van der Waals surface area (Å²) in [4.78, 5) is 25.2. The first-order chi connectivity index (χ1) is 9.97. The summed E-state index contributed by atoms with van der Waals surface area (Å²) < 4.78 is 0. The summed E-state index contributed by atoms with van der Waals surface area (Å²) in [5.41, 5.74) is 6.68. The lowest BCUT2D eigenvalue weighted by Crippen LogP contribution is -2.48. The molecular weight excluding hydrogens is 266 g/mol. The van der Waals surface area contributed by atoms with E-state index in [9.17, 15) is 9.59 Å². The Hall–Kier alpha value is -1.88. The molecule has 3 N–H and O–H groups in total. The summed E-state index contributed by atoms with van der Waals surface area (Å²) in [5, 5.41) is 3.29. The SMILES string of the molecule is CC1CCNC(C(=O)N(C)Cc2ccc(C(N)=O)cc2)C1. The number of likely N-dealkylation sites (N-methyl/N-ethyl adjacent to an activating group) is 1. The minimum Gasteiger partial charge on any atom is -0.366 e. The number of primary amides is 1. The third-order valence-corrected chi connectivity index (χ3v) is 4.00. The number of hydrogen-bond acceptors (Lipinski definition) is 3. The van der Waals surface area contributed by atoms with Crippen molar-refractivity contribution in [2.24, 2.45) is 11.7 Å². The Morgan fingerprint density at radius 1 is 1.33 bits per heavy atom. The van der Waals surface area contributed by atoms with E-state index >= 15 is 0 Å². The van der Waals surface area contributed by atoms with Crippen molar-refractivity contribution >= 4 is 11.8 Å². The van der Waals surface area contributed by atoms with Gasteiger partial charge in [-0.05, 0) is 43.0 Å². The van der Waals surface area contributed by atoms with Crippen LogP contribution in [0.4, 0.5) is 0 Å². The second-order valence-corrected chi connectivity index (χ2v) is 5.89. The maximum absolute atomic E-state index is 12.4. The van der Waals surface area contributed by atoms with Gasteiger partial charge in [-0.2, -0.15) is 0 Å². The average molecular weight is 289 g/mol. The Labute approximate surface area is 125 Å². The molecule has 2 rings (SSSR count). The van der Waals surface area contributed by atoms with Gasteiger partial charge in [0.25, 0.3) is 0 Å². The first kappa shape index (κ1) is 15.5. The van der Waals surface area contributed by atoms with Gasteiger partial charge in [0, 0.05) is 19.2 Å². The third-order valence-electron chi connectivity index (χ3n) is 4.00. The number of rotatable bonds is 4. The molecule has 114 valence electrons. The maximum atomic E-state index is 12.4. The number of nitrogens with one attached hydrogen (secondary N) is 1. The van der Waals surface area contributed by atoms with Gasteiger partial charge in [0.1, 0.15) is 0 Å². The van der Waals surface area contributed by atoms with E-state index in [1.807, 2.05) is 19.2 Å². The first-order valence-electron chi connectivity index (χ1n) is 7.34. The number of nitrogens with zero attached hydrogens (tertiary/aromatic N) is 1. The molecular formula is C16H23N3O2. The number of carbonyl (C=O) groups excluding carboxylic acids is 2. The minimum absolute atomic E-state index is 0.0800. The summed E-state index contributed by atoms with van der Waals surface area (Å²) in [6.45, 7) is 3.62. The zero-order chi connectivity index (χ0) is 15.4. The van der Waals surface area contributed by atoms with Crippen LogP contribution < -0.4 is 11.1 Å². The molecule has 0 bridgehead atoms. The van der Waals surface area contributed by atoms with Crippen LogP contribution in [0, 0.1) is 5.92 Å². The topological polar surface area (TPSA) is 75.4 Å². The van der Waals surface area contributed by atoms with Crippen LogP contribution in [0.25, 0.3) is 0 Å². The van der Waals surface area contributed by atoms with Gasteiger partial charge < -0.3 is 16.0 Å². The van der Waals surface area contributed by atoms with E-state index in [1.165, 1.54) is 0 Å². The molecule has 0 aliphatic carbocycles. The lowest BCUT2D eigenvalue weighted by Gasteiger charge is -2.30. The van der Waals surface area contributed by atoms with Crippen LogP contribution >= 0.6 is 0 Å². The van der Waals surface area contributed by atoms with Gasteiger partial charge in [0.2, 0.25) is 11.8 Å². The number of hydrogen-bond donors (Lipinski definition) is 2. The highest BCUT2D eigenvalue weighted by Gasteiger charge is 2.26. The van der Waals surface area contributed by atoms with Gasteiger partial charge in [-0.1, -0.05) is 19.1 Å². The van der Waals surface area contributed by atoms with E-state index in [-0.39, 0.29) is 11.9 Å². The normalized spacial score (nSPS) is 21.8. The van der Waals surface area contributed by atoms with E-state index in [1.54, 1.807) is 17.0 Å². The number of piperidine rings is 1. The van der Waals surface area contributed by atoms with Gasteiger partial charge >= 0.3 is 0 Å². The Morgan fingerprint density at radius 3 is 2.57 bits per heavy atom. The highest BCUT2D eigenvalue weighted by atomic mass is 16.2. The van der Waals surface area contributed by atoms with Gasteiger partial charge in [-0.3, -0.25) is 9.59 Å². The first-order valence-corrected chi connectivity index (χ1v) is 7.34. The van der Waals surface area contributed by atoms with Crippen molar-refractivity contribution < 1.29 is 9.59 Å². The smallest absolute Gasteiger partial charge is 0.248 e. The molecule has 1 fully saturated rings. The van der Waals surface area contributed by atoms with E-state index < -0.39 is 5.91 Å². The highest BCUT2D eigenvalue weighted by molar-refractivity contribution is 5.92. The van der Waals surface area contributed by atoms with Crippen molar-refractivity contribution in [2.45, 2.75) is 32.4 Å². The molecule has 5 heteroatoms. The molecule has 0 spiro atoms. The monoisotopic (exact) mass is 289 g/mol. The third kappa shape index (κ3) is 4.04. The van der Waals surface area contributed by atoms with E-state index in [2.05, 4.69) is 12.2 Å². The Morgan fingerprint density at radius 2 is 2.00 bits per heavy atom. The van der Waals surface area contributed by atoms with Crippen molar-refractivity contribution in [3.05, 3.63) is 35.4 Å². The molecule has 1 aliphatic rings. The minimum atomic E-state index is -0.439. The van der Waals surface area contributed by atoms with Crippen molar-refractivity contribution in [1.29, 1.82) is 0 Å². The molecule has 0 saturated carbocycles. The molecule has 1 aliphatic heterocycles. The average Bonchev–Trinajstić information content (AvgIpc) is 2.47. The van der Waals surface area contributed by atoms with Crippen molar-refractivity contribution in [1.82, 2.24) is 10.2 Å². The van der Waals surface area contributed by atoms with Gasteiger partial charge in [-0.25, -0.2) is 0 Å². The second kappa shape index (κ2) is 6.72. The van der Waals surface area contributed by atoms with E-state index in [0.29, 0.717) is 18.0 Å². The molecule has 0 aromatic heterocycles. The molecule has 21 heavy (non-hydrogen) atoms. The Bertz CT molecular complexity index is 513. The standard InChI is InChI=1S/C16H23N3O2/c1-11-7-8-18-14(9-11)16(21)19(2)10-12-3-5-13(6-4-12)15(17)20/h3-6,11,14,18H,7-10H2,1-2H3,(H2,17,20). The van der Waals surface area contributed by atoms with Crippen LogP contribution in [-0.2, 0) is 11.3 Å². The molecule has 5 nitrogen and oxygen atoms in total. The summed E-state index contributed by atoms with van der Waals surface area (Å²) in [5.74, 6) is 0.273. The van der Waals surface area contributed by atoms with Crippen LogP contribution in [0.5, 0.6) is 0 Å². The van der Waals surface area contributed by atoms with Gasteiger partial charge in [0.15, 0.2) is 0 Å². The van der Waals surface area contributed by atoms with Crippen LogP contribution in [0.15, 0.2) is 24.3 Å². The second-order valence-electron chi connectivity index (χ2n) is 5.89. The summed E-state index contributed by atoms with van der Waals surface area (Å²) >= 11 is 0. The lowest BCUT2D eigenvalue weighted by atomic mass is 9.93. The fourth-order valence-electron chi connectivity index (χ4n) is 2.69. The van der Waals surface area contributed by atoms with E-state index in [4.69, 9.17) is 5.73 Å². The summed E-state index contributed by atoms with van der Waals surface area (Å²) in [6, 6.07) is 6.97. The zero-order valence-electron chi connectivity index (χ0n) is 12.6. The molecule has 1 saturated heterocycles. The summed E-state index contributed by atoms with van der Waals surface area (Å²) in [7, 11) is 1.81. The van der Waals surface area contributed by atoms with E-state index in [0.717, 1.165) is 24.9 Å². The number of benzene rings is 1. The quantitative estimate of drug-likeness (QED) is 0.872. The molecule has 2 amide bonds. The van der Waals surface area contributed by atoms with Crippen LogP contribution in [-0.4, -0.2) is 36.3 Å².